The second-order valence-corrected chi connectivity index (χ2v) is 5.33. The van der Waals surface area contributed by atoms with Gasteiger partial charge in [0.15, 0.2) is 0 Å². The fraction of sp³-hybridized carbons (Fsp3) is 0.286. The Bertz CT molecular complexity index is 557. The van der Waals surface area contributed by atoms with Gasteiger partial charge in [0.2, 0.25) is 5.91 Å². The van der Waals surface area contributed by atoms with Crippen LogP contribution in [0.3, 0.4) is 0 Å². The van der Waals surface area contributed by atoms with Crippen molar-refractivity contribution in [3.8, 4) is 5.75 Å². The molecule has 1 aromatic carbocycles. The molecule has 1 N–H and O–H groups in total. The van der Waals surface area contributed by atoms with Crippen molar-refractivity contribution in [1.29, 1.82) is 0 Å². The molecule has 106 valence electrons. The number of benzene rings is 1. The van der Waals surface area contributed by atoms with Crippen LogP contribution in [0.5, 0.6) is 5.75 Å². The number of amides is 1. The number of H-pyrrole nitrogens is 1. The molecule has 0 bridgehead atoms. The summed E-state index contributed by atoms with van der Waals surface area (Å²) in [5.74, 6) is 0.797. The number of carbonyl (C=O) groups excluding carboxylic acids is 1. The molecule has 6 heteroatoms. The van der Waals surface area contributed by atoms with Crippen LogP contribution in [0.15, 0.2) is 41.1 Å². The third-order valence-electron chi connectivity index (χ3n) is 2.78. The predicted molar refractivity (Wildman–Crippen MR) is 79.3 cm³/mol. The molecule has 0 spiro atoms. The highest BCUT2D eigenvalue weighted by molar-refractivity contribution is 9.10. The van der Waals surface area contributed by atoms with Crippen LogP contribution in [0.25, 0.3) is 0 Å². The van der Waals surface area contributed by atoms with E-state index in [9.17, 15) is 4.79 Å². The maximum Gasteiger partial charge on any atom is 0.226 e. The summed E-state index contributed by atoms with van der Waals surface area (Å²) < 4.78 is 6.50. The highest BCUT2D eigenvalue weighted by Gasteiger charge is 2.10. The smallest absolute Gasteiger partial charge is 0.226 e. The van der Waals surface area contributed by atoms with Crippen LogP contribution >= 0.6 is 15.9 Å². The van der Waals surface area contributed by atoms with E-state index in [0.717, 1.165) is 15.8 Å². The van der Waals surface area contributed by atoms with E-state index >= 15 is 0 Å². The summed E-state index contributed by atoms with van der Waals surface area (Å²) in [6, 6.07) is 7.56. The Hall–Kier alpha value is -1.82. The van der Waals surface area contributed by atoms with Crippen molar-refractivity contribution in [1.82, 2.24) is 15.1 Å². The van der Waals surface area contributed by atoms with Crippen LogP contribution in [-0.2, 0) is 11.3 Å². The maximum atomic E-state index is 11.9. The van der Waals surface area contributed by atoms with Gasteiger partial charge in [-0.1, -0.05) is 22.0 Å². The minimum atomic E-state index is 0.0428. The van der Waals surface area contributed by atoms with Crippen molar-refractivity contribution < 1.29 is 9.53 Å². The molecular formula is C14H16BrN3O2. The number of hydrogen-bond donors (Lipinski definition) is 1. The van der Waals surface area contributed by atoms with Gasteiger partial charge in [-0.05, 0) is 18.2 Å². The van der Waals surface area contributed by atoms with E-state index < -0.39 is 0 Å². The zero-order chi connectivity index (χ0) is 14.4. The molecule has 0 saturated carbocycles. The lowest BCUT2D eigenvalue weighted by Crippen LogP contribution is -2.27. The molecule has 0 fully saturated rings. The average molecular weight is 338 g/mol. The maximum absolute atomic E-state index is 11.9. The Morgan fingerprint density at radius 2 is 2.35 bits per heavy atom. The summed E-state index contributed by atoms with van der Waals surface area (Å²) in [7, 11) is 1.77. The second-order valence-electron chi connectivity index (χ2n) is 4.41. The van der Waals surface area contributed by atoms with E-state index in [0.29, 0.717) is 19.6 Å². The van der Waals surface area contributed by atoms with Gasteiger partial charge in [0.1, 0.15) is 5.75 Å². The van der Waals surface area contributed by atoms with Crippen LogP contribution < -0.4 is 4.74 Å². The molecule has 2 rings (SSSR count). The van der Waals surface area contributed by atoms with Gasteiger partial charge in [0, 0.05) is 29.8 Å². The molecule has 1 amide bonds. The molecule has 1 heterocycles. The van der Waals surface area contributed by atoms with E-state index in [1.807, 2.05) is 24.3 Å². The zero-order valence-electron chi connectivity index (χ0n) is 11.2. The van der Waals surface area contributed by atoms with E-state index in [1.165, 1.54) is 0 Å². The monoisotopic (exact) mass is 337 g/mol. The molecule has 0 atom stereocenters. The Balaban J connectivity index is 1.74. The summed E-state index contributed by atoms with van der Waals surface area (Å²) in [6.45, 7) is 0.914. The molecule has 0 aliphatic rings. The first-order chi connectivity index (χ1) is 9.65. The Kier molecular flexibility index (Phi) is 5.17. The molecule has 0 radical (unpaired) electrons. The highest BCUT2D eigenvalue weighted by Crippen LogP contribution is 2.17. The van der Waals surface area contributed by atoms with Gasteiger partial charge in [0.05, 0.1) is 19.2 Å². The molecule has 0 unspecified atom stereocenters. The summed E-state index contributed by atoms with van der Waals surface area (Å²) in [6.07, 6.45) is 3.84. The lowest BCUT2D eigenvalue weighted by atomic mass is 10.3. The largest absolute Gasteiger partial charge is 0.493 e. The van der Waals surface area contributed by atoms with E-state index in [4.69, 9.17) is 4.74 Å². The SMILES string of the molecule is CN(Cc1cn[nH]c1)C(=O)CCOc1cccc(Br)c1. The van der Waals surface area contributed by atoms with Crippen molar-refractivity contribution in [3.05, 3.63) is 46.7 Å². The van der Waals surface area contributed by atoms with Gasteiger partial charge >= 0.3 is 0 Å². The zero-order valence-corrected chi connectivity index (χ0v) is 12.8. The number of ether oxygens (including phenoxy) is 1. The third kappa shape index (κ3) is 4.38. The third-order valence-corrected chi connectivity index (χ3v) is 3.27. The first kappa shape index (κ1) is 14.6. The number of aromatic nitrogens is 2. The molecule has 0 aliphatic carbocycles. The number of rotatable bonds is 6. The lowest BCUT2D eigenvalue weighted by Gasteiger charge is -2.16. The van der Waals surface area contributed by atoms with Crippen LogP contribution in [0.4, 0.5) is 0 Å². The normalized spacial score (nSPS) is 10.3. The quantitative estimate of drug-likeness (QED) is 0.881. The van der Waals surface area contributed by atoms with Crippen molar-refractivity contribution in [3.63, 3.8) is 0 Å². The minimum Gasteiger partial charge on any atom is -0.493 e. The fourth-order valence-electron chi connectivity index (χ4n) is 1.73. The number of carbonyl (C=O) groups is 1. The number of halogens is 1. The predicted octanol–water partition coefficient (Wildman–Crippen LogP) is 2.60. The van der Waals surface area contributed by atoms with Gasteiger partial charge in [-0.2, -0.15) is 5.10 Å². The minimum absolute atomic E-state index is 0.0428. The number of hydrogen-bond acceptors (Lipinski definition) is 3. The van der Waals surface area contributed by atoms with Gasteiger partial charge in [-0.3, -0.25) is 9.89 Å². The van der Waals surface area contributed by atoms with Crippen molar-refractivity contribution in [2.45, 2.75) is 13.0 Å². The molecule has 0 saturated heterocycles. The standard InChI is InChI=1S/C14H16BrN3O2/c1-18(10-11-8-16-17-9-11)14(19)5-6-20-13-4-2-3-12(15)7-13/h2-4,7-9H,5-6,10H2,1H3,(H,16,17). The van der Waals surface area contributed by atoms with Crippen LogP contribution in [0.1, 0.15) is 12.0 Å². The van der Waals surface area contributed by atoms with Crippen molar-refractivity contribution >= 4 is 21.8 Å². The highest BCUT2D eigenvalue weighted by atomic mass is 79.9. The van der Waals surface area contributed by atoms with Gasteiger partial charge in [0.25, 0.3) is 0 Å². The molecule has 5 nitrogen and oxygen atoms in total. The first-order valence-electron chi connectivity index (χ1n) is 6.25. The Labute approximate surface area is 126 Å². The second kappa shape index (κ2) is 7.09. The van der Waals surface area contributed by atoms with Gasteiger partial charge in [-0.25, -0.2) is 0 Å². The number of nitrogens with zero attached hydrogens (tertiary/aromatic N) is 2. The summed E-state index contributed by atoms with van der Waals surface area (Å²) in [5.41, 5.74) is 0.980. The topological polar surface area (TPSA) is 58.2 Å². The van der Waals surface area contributed by atoms with Gasteiger partial charge in [-0.15, -0.1) is 0 Å². The summed E-state index contributed by atoms with van der Waals surface area (Å²) in [4.78, 5) is 13.6. The molecule has 1 aromatic heterocycles. The summed E-state index contributed by atoms with van der Waals surface area (Å²) >= 11 is 3.38. The van der Waals surface area contributed by atoms with E-state index in [1.54, 1.807) is 24.3 Å². The Morgan fingerprint density at radius 1 is 1.50 bits per heavy atom. The van der Waals surface area contributed by atoms with E-state index in [-0.39, 0.29) is 5.91 Å². The molecule has 2 aromatic rings. The average Bonchev–Trinajstić information content (AvgIpc) is 2.91. The van der Waals surface area contributed by atoms with Crippen molar-refractivity contribution in [2.75, 3.05) is 13.7 Å². The van der Waals surface area contributed by atoms with Gasteiger partial charge < -0.3 is 9.64 Å². The molecular weight excluding hydrogens is 322 g/mol. The summed E-state index contributed by atoms with van der Waals surface area (Å²) in [5, 5.41) is 6.58. The van der Waals surface area contributed by atoms with Crippen LogP contribution in [-0.4, -0.2) is 34.7 Å². The van der Waals surface area contributed by atoms with Crippen LogP contribution in [0, 0.1) is 0 Å². The number of aromatic amines is 1. The molecule has 0 aliphatic heterocycles. The Morgan fingerprint density at radius 3 is 3.05 bits per heavy atom. The first-order valence-corrected chi connectivity index (χ1v) is 7.04. The fourth-order valence-corrected chi connectivity index (χ4v) is 2.11. The number of nitrogens with one attached hydrogen (secondary N) is 1. The lowest BCUT2D eigenvalue weighted by molar-refractivity contribution is -0.130. The van der Waals surface area contributed by atoms with Crippen LogP contribution in [0.2, 0.25) is 0 Å². The van der Waals surface area contributed by atoms with Crippen molar-refractivity contribution in [2.24, 2.45) is 0 Å². The van der Waals surface area contributed by atoms with E-state index in [2.05, 4.69) is 26.1 Å². The molecule has 20 heavy (non-hydrogen) atoms.